The van der Waals surface area contributed by atoms with Crippen LogP contribution in [-0.4, -0.2) is 0 Å². The minimum atomic E-state index is -0.230. The van der Waals surface area contributed by atoms with E-state index in [9.17, 15) is 0 Å². The first-order chi connectivity index (χ1) is 49.0. The van der Waals surface area contributed by atoms with Crippen molar-refractivity contribution in [2.45, 2.75) is 83.5 Å². The van der Waals surface area contributed by atoms with Gasteiger partial charge in [-0.3, -0.25) is 0 Å². The molecule has 101 heavy (non-hydrogen) atoms. The standard InChI is InChI=1S/C99H80N2/c1-63-44-45-66(56-57-96(2,3)87-40-24-20-32-72(63)87)100(69-46-51-78-75-35-21-25-41-88(75)97(4,5)91(78)60-69)67-49-54-83-85(58-67)94(81-38-18-16-33-73(81)64-28-12-10-13-29-64)84-55-50-68(59-86(84)95(83)82-39-19-17-34-74(82)65-30-14-11-15-31-65)101(70-47-52-79-76-36-22-26-42-89(76)98(6,7)92(79)61-70)71-48-53-80-77-37-23-27-43-90(77)99(8,9)93(80)62-71/h10-56,58-62H,1,57H2,2-9H3/b45-44-,66-56+. The average Bonchev–Trinajstić information content (AvgIpc) is 0.913. The summed E-state index contributed by atoms with van der Waals surface area (Å²) in [4.78, 5) is 5.09. The van der Waals surface area contributed by atoms with Crippen molar-refractivity contribution >= 4 is 55.6 Å². The minimum Gasteiger partial charge on any atom is -0.311 e. The Morgan fingerprint density at radius 2 is 0.574 bits per heavy atom. The molecule has 14 aromatic carbocycles. The van der Waals surface area contributed by atoms with E-state index in [0.29, 0.717) is 0 Å². The third-order valence-corrected chi connectivity index (χ3v) is 23.2. The monoisotopic (exact) mass is 1300 g/mol. The first kappa shape index (κ1) is 61.7. The molecule has 0 bridgehead atoms. The maximum absolute atomic E-state index is 4.78. The fraction of sp³-hybridized carbons (Fsp3) is 0.131. The van der Waals surface area contributed by atoms with Crippen LogP contribution in [0.4, 0.5) is 28.4 Å². The van der Waals surface area contributed by atoms with E-state index in [1.54, 1.807) is 0 Å². The summed E-state index contributed by atoms with van der Waals surface area (Å²) in [5.41, 5.74) is 34.4. The van der Waals surface area contributed by atoms with Gasteiger partial charge in [0.2, 0.25) is 0 Å². The Hall–Kier alpha value is -11.6. The maximum atomic E-state index is 4.78. The highest BCUT2D eigenvalue weighted by atomic mass is 15.2. The van der Waals surface area contributed by atoms with E-state index in [1.807, 2.05) is 0 Å². The lowest BCUT2D eigenvalue weighted by Crippen LogP contribution is -2.20. The van der Waals surface area contributed by atoms with Crippen LogP contribution in [0.5, 0.6) is 0 Å². The highest BCUT2D eigenvalue weighted by molar-refractivity contribution is 6.24. The third-order valence-electron chi connectivity index (χ3n) is 23.2. The molecule has 0 atom stereocenters. The van der Waals surface area contributed by atoms with Gasteiger partial charge in [-0.1, -0.05) is 311 Å². The zero-order chi connectivity index (χ0) is 68.7. The number of rotatable bonds is 10. The Bertz CT molecular complexity index is 5720. The predicted molar refractivity (Wildman–Crippen MR) is 429 cm³/mol. The van der Waals surface area contributed by atoms with Crippen molar-refractivity contribution in [3.8, 4) is 77.9 Å². The van der Waals surface area contributed by atoms with E-state index < -0.39 is 0 Å². The molecule has 0 heterocycles. The molecule has 0 fully saturated rings. The molecule has 0 spiro atoms. The van der Waals surface area contributed by atoms with Crippen LogP contribution < -0.4 is 9.80 Å². The molecule has 0 saturated carbocycles. The number of anilines is 5. The summed E-state index contributed by atoms with van der Waals surface area (Å²) in [6.45, 7) is 23.9. The van der Waals surface area contributed by atoms with E-state index in [1.165, 1.54) is 122 Å². The maximum Gasteiger partial charge on any atom is 0.0468 e. The second-order valence-corrected chi connectivity index (χ2v) is 30.5. The minimum absolute atomic E-state index is 0.206. The number of hydrogen-bond donors (Lipinski definition) is 0. The number of allylic oxidation sites excluding steroid dienone is 4. The van der Waals surface area contributed by atoms with E-state index in [0.717, 1.165) is 67.7 Å². The molecular weight excluding hydrogens is 1220 g/mol. The van der Waals surface area contributed by atoms with Crippen molar-refractivity contribution in [1.82, 2.24) is 0 Å². The van der Waals surface area contributed by atoms with Crippen LogP contribution >= 0.6 is 0 Å². The van der Waals surface area contributed by atoms with Crippen molar-refractivity contribution < 1.29 is 0 Å². The molecule has 4 aliphatic rings. The summed E-state index contributed by atoms with van der Waals surface area (Å²) in [5.74, 6) is 0. The summed E-state index contributed by atoms with van der Waals surface area (Å²) in [6, 6.07) is 113. The number of hydrogen-bond acceptors (Lipinski definition) is 2. The second kappa shape index (κ2) is 23.3. The number of nitrogens with zero attached hydrogens (tertiary/aromatic N) is 2. The lowest BCUT2D eigenvalue weighted by molar-refractivity contribution is 0.532. The van der Waals surface area contributed by atoms with Gasteiger partial charge in [-0.05, 0) is 228 Å². The van der Waals surface area contributed by atoms with Gasteiger partial charge in [-0.25, -0.2) is 0 Å². The van der Waals surface area contributed by atoms with Gasteiger partial charge in [0, 0.05) is 50.4 Å². The fourth-order valence-corrected chi connectivity index (χ4v) is 17.9. The van der Waals surface area contributed by atoms with Crippen LogP contribution in [0.1, 0.15) is 106 Å². The van der Waals surface area contributed by atoms with Crippen molar-refractivity contribution in [3.05, 3.63) is 372 Å². The summed E-state index contributed by atoms with van der Waals surface area (Å²) >= 11 is 0. The highest BCUT2D eigenvalue weighted by Crippen LogP contribution is 2.57. The van der Waals surface area contributed by atoms with Crippen LogP contribution in [0, 0.1) is 0 Å². The molecule has 2 heteroatoms. The first-order valence-electron chi connectivity index (χ1n) is 35.9. The first-order valence-corrected chi connectivity index (χ1v) is 35.9. The van der Waals surface area contributed by atoms with Crippen molar-refractivity contribution in [2.24, 2.45) is 0 Å². The Labute approximate surface area is 595 Å². The molecule has 486 valence electrons. The van der Waals surface area contributed by atoms with Crippen LogP contribution in [0.3, 0.4) is 0 Å². The molecule has 0 N–H and O–H groups in total. The molecule has 0 aromatic heterocycles. The van der Waals surface area contributed by atoms with Gasteiger partial charge < -0.3 is 9.80 Å². The van der Waals surface area contributed by atoms with Gasteiger partial charge in [-0.2, -0.15) is 0 Å². The number of benzene rings is 14. The Morgan fingerprint density at radius 1 is 0.257 bits per heavy atom. The molecule has 18 rings (SSSR count). The van der Waals surface area contributed by atoms with Crippen molar-refractivity contribution in [3.63, 3.8) is 0 Å². The molecule has 0 saturated heterocycles. The zero-order valence-corrected chi connectivity index (χ0v) is 58.8. The van der Waals surface area contributed by atoms with Crippen molar-refractivity contribution in [2.75, 3.05) is 9.80 Å². The molecule has 4 aliphatic carbocycles. The molecule has 0 aliphatic heterocycles. The van der Waals surface area contributed by atoms with Crippen LogP contribution in [0.2, 0.25) is 0 Å². The molecule has 0 unspecified atom stereocenters. The second-order valence-electron chi connectivity index (χ2n) is 30.5. The van der Waals surface area contributed by atoms with Crippen LogP contribution in [0.15, 0.2) is 328 Å². The van der Waals surface area contributed by atoms with Gasteiger partial charge >= 0.3 is 0 Å². The Morgan fingerprint density at radius 3 is 1.00 bits per heavy atom. The van der Waals surface area contributed by atoms with Gasteiger partial charge in [0.25, 0.3) is 0 Å². The summed E-state index contributed by atoms with van der Waals surface area (Å²) < 4.78 is 0. The highest BCUT2D eigenvalue weighted by Gasteiger charge is 2.40. The summed E-state index contributed by atoms with van der Waals surface area (Å²) in [7, 11) is 0. The van der Waals surface area contributed by atoms with Crippen LogP contribution in [0.25, 0.3) is 105 Å². The Kier molecular flexibility index (Phi) is 14.2. The zero-order valence-electron chi connectivity index (χ0n) is 58.8. The third kappa shape index (κ3) is 9.74. The van der Waals surface area contributed by atoms with Gasteiger partial charge in [0.15, 0.2) is 0 Å². The quantitative estimate of drug-likeness (QED) is 0.126. The number of fused-ring (bicyclic) bond motifs is 12. The lowest BCUT2D eigenvalue weighted by Gasteiger charge is -2.31. The van der Waals surface area contributed by atoms with Gasteiger partial charge in [0.1, 0.15) is 0 Å². The van der Waals surface area contributed by atoms with E-state index in [2.05, 4.69) is 381 Å². The molecule has 14 aromatic rings. The van der Waals surface area contributed by atoms with E-state index in [4.69, 9.17) is 6.58 Å². The smallest absolute Gasteiger partial charge is 0.0468 e. The predicted octanol–water partition coefficient (Wildman–Crippen LogP) is 27.0. The van der Waals surface area contributed by atoms with Gasteiger partial charge in [-0.15, -0.1) is 0 Å². The topological polar surface area (TPSA) is 6.48 Å². The largest absolute Gasteiger partial charge is 0.311 e. The molecule has 2 nitrogen and oxygen atoms in total. The van der Waals surface area contributed by atoms with Crippen molar-refractivity contribution in [1.29, 1.82) is 0 Å². The molecular formula is C99H80N2. The molecule has 0 radical (unpaired) electrons. The molecule has 0 amide bonds. The normalized spacial score (nSPS) is 16.1. The summed E-state index contributed by atoms with van der Waals surface area (Å²) in [5, 5.41) is 4.65. The lowest BCUT2D eigenvalue weighted by atomic mass is 9.78. The van der Waals surface area contributed by atoms with Gasteiger partial charge in [0.05, 0.1) is 0 Å². The Balaban J connectivity index is 0.942. The van der Waals surface area contributed by atoms with E-state index >= 15 is 0 Å². The van der Waals surface area contributed by atoms with Crippen LogP contribution in [-0.2, 0) is 21.7 Å². The summed E-state index contributed by atoms with van der Waals surface area (Å²) in [6.07, 6.45) is 7.84. The van der Waals surface area contributed by atoms with E-state index in [-0.39, 0.29) is 21.7 Å². The average molecular weight is 1300 g/mol. The SMILES string of the molecule is C=C1/C=C\C(N(c2ccc3c(c2)C(C)(C)c2ccccc2-3)c2ccc3c(-c4ccccc4-c4ccccc4)c4cc(N(c5ccc6c(c5)C(C)(C)c5ccccc5-6)c5ccc6c(c5)C(C)(C)c5ccccc5-6)ccc4c(-c4ccccc4-c4ccccc4)c3c2)=C/CC(C)(C)c2ccccc21. The fourth-order valence-electron chi connectivity index (χ4n) is 17.9.